The number of methoxy groups -OCH3 is 1. The van der Waals surface area contributed by atoms with Crippen molar-refractivity contribution in [1.29, 1.82) is 0 Å². The Hall–Kier alpha value is -2.98. The molecule has 0 bridgehead atoms. The topological polar surface area (TPSA) is 128 Å². The first kappa shape index (κ1) is 26.6. The Labute approximate surface area is 210 Å². The van der Waals surface area contributed by atoms with Gasteiger partial charge in [-0.25, -0.2) is 8.42 Å². The number of phenolic OH excluding ortho intramolecular Hbond substituents is 2. The quantitative estimate of drug-likeness (QED) is 0.244. The summed E-state index contributed by atoms with van der Waals surface area (Å²) < 4.78 is 30.6. The van der Waals surface area contributed by atoms with Gasteiger partial charge >= 0.3 is 0 Å². The molecule has 0 fully saturated rings. The molecule has 3 aromatic rings. The van der Waals surface area contributed by atoms with Crippen LogP contribution in [0.2, 0.25) is 5.02 Å². The summed E-state index contributed by atoms with van der Waals surface area (Å²) in [5.41, 5.74) is 2.55. The van der Waals surface area contributed by atoms with Gasteiger partial charge in [0.15, 0.2) is 11.5 Å². The van der Waals surface area contributed by atoms with Crippen LogP contribution in [0, 0.1) is 0 Å². The molecule has 0 heterocycles. The zero-order chi connectivity index (χ0) is 25.6. The molecular weight excluding hydrogens is 492 g/mol. The third-order valence-electron chi connectivity index (χ3n) is 5.38. The van der Waals surface area contributed by atoms with Crippen LogP contribution in [-0.2, 0) is 22.9 Å². The number of nitrogens with one attached hydrogen (secondary N) is 2. The lowest BCUT2D eigenvalue weighted by Gasteiger charge is -2.23. The number of anilines is 1. The molecule has 0 radical (unpaired) electrons. The van der Waals surface area contributed by atoms with Crippen LogP contribution in [0.25, 0.3) is 0 Å². The average molecular weight is 521 g/mol. The van der Waals surface area contributed by atoms with E-state index in [1.807, 2.05) is 30.3 Å². The molecule has 2 unspecified atom stereocenters. The molecular formula is C25H29ClN2O6S. The van der Waals surface area contributed by atoms with Crippen LogP contribution in [0.1, 0.15) is 22.7 Å². The minimum Gasteiger partial charge on any atom is -0.506 e. The van der Waals surface area contributed by atoms with Gasteiger partial charge in [0.25, 0.3) is 0 Å². The predicted molar refractivity (Wildman–Crippen MR) is 137 cm³/mol. The van der Waals surface area contributed by atoms with Gasteiger partial charge < -0.3 is 25.4 Å². The fourth-order valence-electron chi connectivity index (χ4n) is 3.72. The molecule has 3 aromatic carbocycles. The van der Waals surface area contributed by atoms with Gasteiger partial charge in [-0.1, -0.05) is 48.0 Å². The van der Waals surface area contributed by atoms with Gasteiger partial charge in [-0.3, -0.25) is 4.72 Å². The first-order valence-electron chi connectivity index (χ1n) is 10.9. The fraction of sp³-hybridized carbons (Fsp3) is 0.280. The van der Waals surface area contributed by atoms with Crippen LogP contribution in [0.15, 0.2) is 60.7 Å². The standard InChI is InChI=1S/C25H29ClN2O6S/c1-34-24-14-18(13-20(26)25(24)31)21(11-16-6-4-3-5-7-16)27-15-19(29)10-17-8-9-23(30)22(12-17)28-35(2,32)33/h3-9,12-14,19,21,27-31H,10-11,15H2,1-2H3. The van der Waals surface area contributed by atoms with E-state index >= 15 is 0 Å². The Morgan fingerprint density at radius 3 is 2.37 bits per heavy atom. The molecule has 3 rings (SSSR count). The number of aromatic hydroxyl groups is 2. The summed E-state index contributed by atoms with van der Waals surface area (Å²) in [6, 6.07) is 17.4. The van der Waals surface area contributed by atoms with E-state index in [4.69, 9.17) is 16.3 Å². The number of ether oxygens (including phenoxy) is 1. The monoisotopic (exact) mass is 520 g/mol. The van der Waals surface area contributed by atoms with Gasteiger partial charge in [-0.05, 0) is 53.8 Å². The second-order valence-corrected chi connectivity index (χ2v) is 10.4. The Balaban J connectivity index is 1.76. The number of rotatable bonds is 11. The molecule has 35 heavy (non-hydrogen) atoms. The third-order valence-corrected chi connectivity index (χ3v) is 6.26. The molecule has 8 nitrogen and oxygen atoms in total. The largest absolute Gasteiger partial charge is 0.506 e. The highest BCUT2D eigenvalue weighted by atomic mass is 35.5. The van der Waals surface area contributed by atoms with Crippen LogP contribution in [-0.4, -0.2) is 49.8 Å². The van der Waals surface area contributed by atoms with Crippen molar-refractivity contribution >= 4 is 27.3 Å². The van der Waals surface area contributed by atoms with E-state index in [0.717, 1.165) is 17.4 Å². The highest BCUT2D eigenvalue weighted by Crippen LogP contribution is 2.37. The maximum absolute atomic E-state index is 11.5. The number of benzene rings is 3. The van der Waals surface area contributed by atoms with E-state index in [-0.39, 0.29) is 47.0 Å². The summed E-state index contributed by atoms with van der Waals surface area (Å²) in [4.78, 5) is 0. The average Bonchev–Trinajstić information content (AvgIpc) is 2.80. The third kappa shape index (κ3) is 7.76. The first-order chi connectivity index (χ1) is 16.6. The summed E-state index contributed by atoms with van der Waals surface area (Å²) in [6.45, 7) is 0.216. The minimum absolute atomic E-state index is 0.0537. The van der Waals surface area contributed by atoms with E-state index in [9.17, 15) is 23.7 Å². The zero-order valence-corrected chi connectivity index (χ0v) is 21.0. The normalized spacial score (nSPS) is 13.3. The molecule has 0 spiro atoms. The van der Waals surface area contributed by atoms with Crippen LogP contribution in [0.3, 0.4) is 0 Å². The lowest BCUT2D eigenvalue weighted by Crippen LogP contribution is -2.32. The van der Waals surface area contributed by atoms with Crippen LogP contribution in [0.5, 0.6) is 17.2 Å². The van der Waals surface area contributed by atoms with Crippen molar-refractivity contribution in [1.82, 2.24) is 5.32 Å². The van der Waals surface area contributed by atoms with Crippen molar-refractivity contribution in [2.24, 2.45) is 0 Å². The number of phenols is 2. The van der Waals surface area contributed by atoms with Crippen LogP contribution < -0.4 is 14.8 Å². The smallest absolute Gasteiger partial charge is 0.229 e. The molecule has 2 atom stereocenters. The van der Waals surface area contributed by atoms with E-state index in [0.29, 0.717) is 12.0 Å². The van der Waals surface area contributed by atoms with E-state index in [1.165, 1.54) is 19.2 Å². The fourth-order valence-corrected chi connectivity index (χ4v) is 4.50. The number of aliphatic hydroxyl groups is 1. The highest BCUT2D eigenvalue weighted by molar-refractivity contribution is 7.92. The second kappa shape index (κ2) is 11.6. The number of hydrogen-bond donors (Lipinski definition) is 5. The summed E-state index contributed by atoms with van der Waals surface area (Å²) in [5, 5.41) is 34.3. The molecule has 0 amide bonds. The summed E-state index contributed by atoms with van der Waals surface area (Å²) in [5.74, 6) is -0.0852. The van der Waals surface area contributed by atoms with Gasteiger partial charge in [0.1, 0.15) is 5.75 Å². The first-order valence-corrected chi connectivity index (χ1v) is 13.1. The molecule has 0 aliphatic carbocycles. The molecule has 10 heteroatoms. The minimum atomic E-state index is -3.56. The van der Waals surface area contributed by atoms with Crippen molar-refractivity contribution in [3.05, 3.63) is 82.4 Å². The van der Waals surface area contributed by atoms with Gasteiger partial charge in [0, 0.05) is 12.6 Å². The van der Waals surface area contributed by atoms with Crippen molar-refractivity contribution in [3.8, 4) is 17.2 Å². The predicted octanol–water partition coefficient (Wildman–Crippen LogP) is 3.61. The van der Waals surface area contributed by atoms with Crippen molar-refractivity contribution in [2.45, 2.75) is 25.0 Å². The molecule has 5 N–H and O–H groups in total. The van der Waals surface area contributed by atoms with E-state index in [2.05, 4.69) is 10.0 Å². The Morgan fingerprint density at radius 2 is 1.71 bits per heavy atom. The molecule has 0 saturated carbocycles. The Bertz CT molecular complexity index is 1250. The second-order valence-electron chi connectivity index (χ2n) is 8.29. The number of halogens is 1. The maximum atomic E-state index is 11.5. The van der Waals surface area contributed by atoms with Gasteiger partial charge in [-0.2, -0.15) is 0 Å². The number of hydrogen-bond acceptors (Lipinski definition) is 7. The van der Waals surface area contributed by atoms with Crippen LogP contribution in [0.4, 0.5) is 5.69 Å². The van der Waals surface area contributed by atoms with Crippen molar-refractivity contribution in [3.63, 3.8) is 0 Å². The number of aliphatic hydroxyl groups excluding tert-OH is 1. The molecule has 0 saturated heterocycles. The summed E-state index contributed by atoms with van der Waals surface area (Å²) in [6.07, 6.45) is 1.01. The Kier molecular flexibility index (Phi) is 8.85. The molecule has 0 aromatic heterocycles. The number of sulfonamides is 1. The van der Waals surface area contributed by atoms with Crippen LogP contribution >= 0.6 is 11.6 Å². The molecule has 0 aliphatic heterocycles. The zero-order valence-electron chi connectivity index (χ0n) is 19.4. The summed E-state index contributed by atoms with van der Waals surface area (Å²) in [7, 11) is -2.12. The van der Waals surface area contributed by atoms with E-state index in [1.54, 1.807) is 18.2 Å². The lowest BCUT2D eigenvalue weighted by molar-refractivity contribution is 0.167. The van der Waals surface area contributed by atoms with E-state index < -0.39 is 16.1 Å². The van der Waals surface area contributed by atoms with Crippen molar-refractivity contribution in [2.75, 3.05) is 24.6 Å². The molecule has 188 valence electrons. The maximum Gasteiger partial charge on any atom is 0.229 e. The van der Waals surface area contributed by atoms with Gasteiger partial charge in [-0.15, -0.1) is 0 Å². The lowest BCUT2D eigenvalue weighted by atomic mass is 9.97. The SMILES string of the molecule is COc1cc(C(Cc2ccccc2)NCC(O)Cc2ccc(O)c(NS(C)(=O)=O)c2)cc(Cl)c1O. The molecule has 0 aliphatic rings. The highest BCUT2D eigenvalue weighted by Gasteiger charge is 2.19. The van der Waals surface area contributed by atoms with Gasteiger partial charge in [0.2, 0.25) is 10.0 Å². The van der Waals surface area contributed by atoms with Gasteiger partial charge in [0.05, 0.1) is 30.2 Å². The summed E-state index contributed by atoms with van der Waals surface area (Å²) >= 11 is 6.21. The Morgan fingerprint density at radius 1 is 1.00 bits per heavy atom. The van der Waals surface area contributed by atoms with Crippen molar-refractivity contribution < 1.29 is 28.5 Å².